The Bertz CT molecular complexity index is 1860. The Hall–Kier alpha value is -3.09. The maximum atomic E-state index is 12.9. The van der Waals surface area contributed by atoms with Crippen LogP contribution >= 0.6 is 15.6 Å². The van der Waals surface area contributed by atoms with Crippen molar-refractivity contribution in [3.63, 3.8) is 0 Å². The molecule has 6 N–H and O–H groups in total. The molecule has 0 spiro atoms. The average Bonchev–Trinajstić information content (AvgIpc) is 3.59. The fourth-order valence-electron chi connectivity index (χ4n) is 7.83. The Morgan fingerprint density at radius 3 is 1.87 bits per heavy atom. The first-order valence-electron chi connectivity index (χ1n) is 26.2. The molecule has 1 aromatic heterocycles. The molecule has 408 valence electrons. The van der Waals surface area contributed by atoms with Gasteiger partial charge in [0.25, 0.3) is 0 Å². The number of ketones is 1. The van der Waals surface area contributed by atoms with Crippen LogP contribution in [0.3, 0.4) is 0 Å². The molecule has 2 unspecified atom stereocenters. The highest BCUT2D eigenvalue weighted by molar-refractivity contribution is 7.61. The number of phosphoric ester groups is 2. The van der Waals surface area contributed by atoms with Gasteiger partial charge in [-0.1, -0.05) is 161 Å². The fraction of sp³-hybridized carbons (Fsp3) is 0.780. The van der Waals surface area contributed by atoms with E-state index in [1.54, 1.807) is 12.2 Å². The molecule has 19 nitrogen and oxygen atoms in total. The van der Waals surface area contributed by atoms with Gasteiger partial charge in [-0.05, 0) is 50.2 Å². The molecule has 0 aromatic carbocycles. The summed E-state index contributed by atoms with van der Waals surface area (Å²) in [7, 11) is -10.9. The van der Waals surface area contributed by atoms with E-state index >= 15 is 0 Å². The minimum Gasteiger partial charge on any atom is -0.462 e. The van der Waals surface area contributed by atoms with Crippen LogP contribution in [0.2, 0.25) is 0 Å². The van der Waals surface area contributed by atoms with Crippen molar-refractivity contribution in [1.29, 1.82) is 0 Å². The summed E-state index contributed by atoms with van der Waals surface area (Å²) in [4.78, 5) is 74.1. The summed E-state index contributed by atoms with van der Waals surface area (Å²) >= 11 is 0. The van der Waals surface area contributed by atoms with Crippen molar-refractivity contribution in [3.8, 4) is 0 Å². The van der Waals surface area contributed by atoms with Crippen LogP contribution in [0, 0.1) is 5.92 Å². The molecule has 1 fully saturated rings. The molecule has 0 bridgehead atoms. The van der Waals surface area contributed by atoms with Gasteiger partial charge in [0.2, 0.25) is 0 Å². The number of phosphoric acid groups is 2. The number of aliphatic hydroxyl groups excluding tert-OH is 2. The second-order valence-corrected chi connectivity index (χ2v) is 21.9. The van der Waals surface area contributed by atoms with Crippen molar-refractivity contribution < 1.29 is 71.1 Å². The van der Waals surface area contributed by atoms with Crippen LogP contribution in [0.15, 0.2) is 41.4 Å². The number of rotatable bonds is 43. The number of aliphatic hydroxyl groups is 2. The number of esters is 2. The van der Waals surface area contributed by atoms with Crippen molar-refractivity contribution in [2.24, 2.45) is 5.92 Å². The van der Waals surface area contributed by atoms with E-state index in [9.17, 15) is 48.3 Å². The van der Waals surface area contributed by atoms with Crippen molar-refractivity contribution in [3.05, 3.63) is 47.1 Å². The minimum absolute atomic E-state index is 0.0313. The number of nitrogens with zero attached hydrogens (tertiary/aromatic N) is 2. The number of hydrogen-bond donors (Lipinski definition) is 5. The molecule has 1 aliphatic heterocycles. The van der Waals surface area contributed by atoms with E-state index in [0.717, 1.165) is 74.5 Å². The number of unbranched alkanes of at least 4 members (excludes halogenated alkanes) is 20. The van der Waals surface area contributed by atoms with Gasteiger partial charge in [-0.3, -0.25) is 28.0 Å². The van der Waals surface area contributed by atoms with Crippen molar-refractivity contribution in [2.75, 3.05) is 25.6 Å². The second kappa shape index (κ2) is 37.6. The van der Waals surface area contributed by atoms with E-state index in [2.05, 4.69) is 36.1 Å². The van der Waals surface area contributed by atoms with Crippen LogP contribution in [0.25, 0.3) is 0 Å². The summed E-state index contributed by atoms with van der Waals surface area (Å²) < 4.78 is 56.7. The molecular weight excluding hydrogens is 961 g/mol. The smallest absolute Gasteiger partial charge is 0.462 e. The number of aromatic nitrogens is 2. The molecule has 2 rings (SSSR count). The maximum absolute atomic E-state index is 12.9. The lowest BCUT2D eigenvalue weighted by Gasteiger charge is -2.21. The van der Waals surface area contributed by atoms with Gasteiger partial charge in [0.15, 0.2) is 18.1 Å². The first-order valence-corrected chi connectivity index (χ1v) is 29.2. The van der Waals surface area contributed by atoms with Crippen LogP contribution in [0.4, 0.5) is 5.82 Å². The van der Waals surface area contributed by atoms with Gasteiger partial charge in [0, 0.05) is 25.5 Å². The van der Waals surface area contributed by atoms with E-state index in [0.29, 0.717) is 32.1 Å². The summed E-state index contributed by atoms with van der Waals surface area (Å²) in [5.74, 6) is -0.546. The number of carbonyl (C=O) groups is 3. The van der Waals surface area contributed by atoms with Crippen LogP contribution in [0.5, 0.6) is 0 Å². The fourth-order valence-corrected chi connectivity index (χ4v) is 9.94. The molecule has 0 radical (unpaired) electrons. The number of allylic oxidation sites excluding steroid dienone is 4. The highest BCUT2D eigenvalue weighted by Gasteiger charge is 2.46. The molecule has 7 atom stereocenters. The lowest BCUT2D eigenvalue weighted by Crippen LogP contribution is -2.36. The van der Waals surface area contributed by atoms with Gasteiger partial charge in [-0.25, -0.2) is 13.9 Å². The highest BCUT2D eigenvalue weighted by Crippen LogP contribution is 2.60. The van der Waals surface area contributed by atoms with Gasteiger partial charge < -0.3 is 39.9 Å². The molecular formula is C50H87N3O16P2. The molecule has 1 aromatic rings. The quantitative estimate of drug-likeness (QED) is 0.0134. The predicted octanol–water partition coefficient (Wildman–Crippen LogP) is 10.0. The third-order valence-electron chi connectivity index (χ3n) is 11.9. The molecule has 0 aliphatic carbocycles. The summed E-state index contributed by atoms with van der Waals surface area (Å²) in [5.41, 5.74) is 4.58. The van der Waals surface area contributed by atoms with Crippen molar-refractivity contribution >= 4 is 39.2 Å². The first-order chi connectivity index (χ1) is 33.9. The van der Waals surface area contributed by atoms with E-state index < -0.39 is 83.7 Å². The predicted molar refractivity (Wildman–Crippen MR) is 271 cm³/mol. The summed E-state index contributed by atoms with van der Waals surface area (Å²) in [6, 6.07) is 1.24. The Balaban J connectivity index is 1.81. The van der Waals surface area contributed by atoms with Crippen molar-refractivity contribution in [2.45, 2.75) is 225 Å². The van der Waals surface area contributed by atoms with Gasteiger partial charge >= 0.3 is 33.3 Å². The van der Waals surface area contributed by atoms with Crippen LogP contribution in [0.1, 0.15) is 200 Å². The largest absolute Gasteiger partial charge is 0.481 e. The van der Waals surface area contributed by atoms with Gasteiger partial charge in [0.1, 0.15) is 30.7 Å². The minimum atomic E-state index is -5.45. The lowest BCUT2D eigenvalue weighted by atomic mass is 10.0. The molecule has 1 aliphatic rings. The van der Waals surface area contributed by atoms with E-state index in [1.165, 1.54) is 76.7 Å². The zero-order valence-electron chi connectivity index (χ0n) is 42.7. The zero-order chi connectivity index (χ0) is 52.3. The topological polar surface area (TPSA) is 283 Å². The summed E-state index contributed by atoms with van der Waals surface area (Å²) in [5, 5.41) is 20.9. The molecule has 0 amide bonds. The molecule has 2 heterocycles. The van der Waals surface area contributed by atoms with E-state index in [4.69, 9.17) is 29.0 Å². The Morgan fingerprint density at radius 1 is 0.746 bits per heavy atom. The number of nitrogen functional groups attached to an aromatic ring is 1. The standard InChI is InChI=1S/C50H87N3O16P2/c1-4-5-6-7-16-21-26-31-41(54)32-27-22-19-24-29-34-46(56)67-42(37-64-45(55)33-28-23-18-15-13-11-9-8-10-12-14-17-20-25-30-40(2)3)38-65-70(60,61)69-71(62,63)66-39-43-47(57)48(58)49(68-43)53-36-35-44(51)52-50(53)59/h16,21,26,31,35-36,40,42-43,47-49,57-58H,4-15,17-20,22-25,27-30,32-34,37-39H2,1-3H3,(H,60,61)(H,62,63)(H2,51,52,59)/b21-16-,31-26+/t42-,43-,47-,48-,49-/m1/s1. The van der Waals surface area contributed by atoms with Crippen LogP contribution in [-0.2, 0) is 51.1 Å². The first kappa shape index (κ1) is 64.0. The van der Waals surface area contributed by atoms with Crippen LogP contribution < -0.4 is 11.4 Å². The van der Waals surface area contributed by atoms with Crippen LogP contribution in [-0.4, -0.2) is 91.5 Å². The number of hydrogen-bond acceptors (Lipinski definition) is 16. The maximum Gasteiger partial charge on any atom is 0.481 e. The Kier molecular flexibility index (Phi) is 33.9. The molecule has 71 heavy (non-hydrogen) atoms. The SMILES string of the molecule is CCCCC/C=C\C=C\C(=O)CCCCCCCC(=O)O[C@H](COC(=O)CCCCCCCCCCCCCCCCC(C)C)COP(=O)(O)OP(=O)(O)OC[C@H]1O[C@@H](n2ccc(N)nc2=O)[C@H](O)[C@@H]1O. The Labute approximate surface area is 421 Å². The van der Waals surface area contributed by atoms with E-state index in [1.807, 2.05) is 6.08 Å². The number of anilines is 1. The molecule has 1 saturated heterocycles. The molecule has 0 saturated carbocycles. The third-order valence-corrected chi connectivity index (χ3v) is 14.5. The second-order valence-electron chi connectivity index (χ2n) is 18.9. The van der Waals surface area contributed by atoms with Gasteiger partial charge in [-0.2, -0.15) is 9.29 Å². The summed E-state index contributed by atoms with van der Waals surface area (Å²) in [6.07, 6.45) is 26.5. The normalized spacial score (nSPS) is 19.3. The number of ether oxygens (including phenoxy) is 3. The lowest BCUT2D eigenvalue weighted by molar-refractivity contribution is -0.161. The van der Waals surface area contributed by atoms with Gasteiger partial charge in [0.05, 0.1) is 13.2 Å². The van der Waals surface area contributed by atoms with Gasteiger partial charge in [-0.15, -0.1) is 0 Å². The average molecular weight is 1050 g/mol. The molecule has 21 heteroatoms. The highest BCUT2D eigenvalue weighted by atomic mass is 31.3. The number of nitrogens with two attached hydrogens (primary N) is 1. The number of carbonyl (C=O) groups excluding carboxylic acids is 3. The van der Waals surface area contributed by atoms with Crippen molar-refractivity contribution in [1.82, 2.24) is 9.55 Å². The Morgan fingerprint density at radius 2 is 1.30 bits per heavy atom. The monoisotopic (exact) mass is 1050 g/mol. The zero-order valence-corrected chi connectivity index (χ0v) is 44.5. The summed E-state index contributed by atoms with van der Waals surface area (Å²) in [6.45, 7) is 4.32. The third kappa shape index (κ3) is 31.3. The van der Waals surface area contributed by atoms with E-state index in [-0.39, 0.29) is 24.4 Å².